The van der Waals surface area contributed by atoms with Gasteiger partial charge in [-0.25, -0.2) is 4.79 Å². The van der Waals surface area contributed by atoms with Gasteiger partial charge in [0.1, 0.15) is 5.75 Å². The maximum Gasteiger partial charge on any atom is 0.337 e. The number of benzene rings is 1. The Morgan fingerprint density at radius 1 is 1.22 bits per heavy atom. The standard InChI is InChI=1S/C20H24O7/c1-4-15-16(17(19(23)24-2)12-27-20(15)25-3)11-18(22)26-10-9-13-5-7-14(21)8-6-13/h4-8,12,16,20-21H,9-11H2,1-3H3/b15-4-/t16-,20-/m1/s1. The number of methoxy groups -OCH3 is 2. The van der Waals surface area contributed by atoms with Gasteiger partial charge in [0, 0.05) is 25.0 Å². The summed E-state index contributed by atoms with van der Waals surface area (Å²) in [5, 5.41) is 9.28. The molecule has 2 rings (SSSR count). The van der Waals surface area contributed by atoms with Gasteiger partial charge in [0.15, 0.2) is 0 Å². The second-order valence-electron chi connectivity index (χ2n) is 5.95. The molecule has 0 amide bonds. The summed E-state index contributed by atoms with van der Waals surface area (Å²) in [4.78, 5) is 24.3. The number of aromatic hydroxyl groups is 1. The Labute approximate surface area is 158 Å². The Balaban J connectivity index is 2.00. The van der Waals surface area contributed by atoms with Crippen LogP contribution in [0.25, 0.3) is 0 Å². The van der Waals surface area contributed by atoms with Gasteiger partial charge in [-0.1, -0.05) is 18.2 Å². The van der Waals surface area contributed by atoms with Crippen molar-refractivity contribution >= 4 is 11.9 Å². The smallest absolute Gasteiger partial charge is 0.337 e. The number of carbonyl (C=O) groups excluding carboxylic acids is 2. The average molecular weight is 376 g/mol. The summed E-state index contributed by atoms with van der Waals surface area (Å²) in [7, 11) is 2.76. The Hall–Kier alpha value is -2.80. The highest BCUT2D eigenvalue weighted by Gasteiger charge is 2.36. The molecule has 0 radical (unpaired) electrons. The van der Waals surface area contributed by atoms with Crippen LogP contribution in [0.2, 0.25) is 0 Å². The van der Waals surface area contributed by atoms with Crippen molar-refractivity contribution in [2.75, 3.05) is 20.8 Å². The summed E-state index contributed by atoms with van der Waals surface area (Å²) in [5.41, 5.74) is 1.85. The van der Waals surface area contributed by atoms with Gasteiger partial charge in [0.05, 0.1) is 32.0 Å². The van der Waals surface area contributed by atoms with Crippen LogP contribution in [0.1, 0.15) is 18.9 Å². The average Bonchev–Trinajstić information content (AvgIpc) is 2.68. The van der Waals surface area contributed by atoms with E-state index in [0.717, 1.165) is 5.56 Å². The van der Waals surface area contributed by atoms with Gasteiger partial charge in [0.25, 0.3) is 0 Å². The minimum absolute atomic E-state index is 0.0284. The van der Waals surface area contributed by atoms with Crippen LogP contribution in [-0.2, 0) is 35.0 Å². The summed E-state index contributed by atoms with van der Waals surface area (Å²) in [6, 6.07) is 6.69. The molecule has 0 aliphatic carbocycles. The van der Waals surface area contributed by atoms with Gasteiger partial charge in [-0.3, -0.25) is 4.79 Å². The normalized spacial score (nSPS) is 20.6. The summed E-state index contributed by atoms with van der Waals surface area (Å²) < 4.78 is 20.8. The van der Waals surface area contributed by atoms with Crippen molar-refractivity contribution < 1.29 is 33.6 Å². The molecule has 1 aliphatic rings. The molecular formula is C20H24O7. The number of phenols is 1. The van der Waals surface area contributed by atoms with Crippen molar-refractivity contribution in [3.63, 3.8) is 0 Å². The number of hydrogen-bond acceptors (Lipinski definition) is 7. The molecule has 0 saturated carbocycles. The van der Waals surface area contributed by atoms with Crippen molar-refractivity contribution in [3.05, 3.63) is 53.3 Å². The van der Waals surface area contributed by atoms with Crippen LogP contribution in [-0.4, -0.2) is 44.2 Å². The molecule has 0 bridgehead atoms. The molecule has 7 heteroatoms. The number of hydrogen-bond donors (Lipinski definition) is 1. The van der Waals surface area contributed by atoms with Gasteiger partial charge in [0.2, 0.25) is 6.29 Å². The van der Waals surface area contributed by atoms with E-state index in [9.17, 15) is 14.7 Å². The molecule has 1 heterocycles. The highest BCUT2D eigenvalue weighted by atomic mass is 16.7. The lowest BCUT2D eigenvalue weighted by Gasteiger charge is -2.30. The number of rotatable bonds is 7. The fraction of sp³-hybridized carbons (Fsp3) is 0.400. The van der Waals surface area contributed by atoms with Crippen LogP contribution in [0.5, 0.6) is 5.75 Å². The van der Waals surface area contributed by atoms with Crippen molar-refractivity contribution in [2.45, 2.75) is 26.1 Å². The predicted molar refractivity (Wildman–Crippen MR) is 96.6 cm³/mol. The molecule has 0 saturated heterocycles. The lowest BCUT2D eigenvalue weighted by molar-refractivity contribution is -0.145. The summed E-state index contributed by atoms with van der Waals surface area (Å²) in [5.74, 6) is -1.36. The molecule has 1 aromatic carbocycles. The highest BCUT2D eigenvalue weighted by Crippen LogP contribution is 2.34. The largest absolute Gasteiger partial charge is 0.508 e. The quantitative estimate of drug-likeness (QED) is 0.577. The lowest BCUT2D eigenvalue weighted by Crippen LogP contribution is -2.32. The first-order valence-electron chi connectivity index (χ1n) is 8.56. The van der Waals surface area contributed by atoms with Gasteiger partial charge >= 0.3 is 11.9 Å². The molecule has 27 heavy (non-hydrogen) atoms. The zero-order chi connectivity index (χ0) is 19.8. The van der Waals surface area contributed by atoms with E-state index in [1.165, 1.54) is 20.5 Å². The first-order chi connectivity index (χ1) is 13.0. The van der Waals surface area contributed by atoms with Crippen LogP contribution in [0, 0.1) is 5.92 Å². The number of ether oxygens (including phenoxy) is 4. The molecule has 0 unspecified atom stereocenters. The summed E-state index contributed by atoms with van der Waals surface area (Å²) >= 11 is 0. The second-order valence-corrected chi connectivity index (χ2v) is 5.95. The van der Waals surface area contributed by atoms with Crippen LogP contribution >= 0.6 is 0 Å². The van der Waals surface area contributed by atoms with E-state index in [-0.39, 0.29) is 24.4 Å². The third kappa shape index (κ3) is 5.34. The summed E-state index contributed by atoms with van der Waals surface area (Å²) in [6.07, 6.45) is 2.87. The van der Waals surface area contributed by atoms with Gasteiger partial charge in [-0.05, 0) is 24.6 Å². The number of phenolic OH excluding ortho intramolecular Hbond substituents is 1. The van der Waals surface area contributed by atoms with Gasteiger partial charge < -0.3 is 24.1 Å². The topological polar surface area (TPSA) is 91.3 Å². The van der Waals surface area contributed by atoms with Crippen molar-refractivity contribution in [1.82, 2.24) is 0 Å². The predicted octanol–water partition coefficient (Wildman–Crippen LogP) is 2.49. The first kappa shape index (κ1) is 20.5. The molecule has 2 atom stereocenters. The van der Waals surface area contributed by atoms with Crippen LogP contribution < -0.4 is 0 Å². The Kier molecular flexibility index (Phi) is 7.43. The van der Waals surface area contributed by atoms with Gasteiger partial charge in [-0.2, -0.15) is 0 Å². The van der Waals surface area contributed by atoms with Gasteiger partial charge in [-0.15, -0.1) is 0 Å². The third-order valence-electron chi connectivity index (χ3n) is 4.30. The molecule has 7 nitrogen and oxygen atoms in total. The minimum Gasteiger partial charge on any atom is -0.508 e. The van der Waals surface area contributed by atoms with Crippen LogP contribution in [0.4, 0.5) is 0 Å². The van der Waals surface area contributed by atoms with E-state index in [1.807, 2.05) is 0 Å². The van der Waals surface area contributed by atoms with E-state index in [0.29, 0.717) is 12.0 Å². The zero-order valence-corrected chi connectivity index (χ0v) is 15.6. The van der Waals surface area contributed by atoms with E-state index >= 15 is 0 Å². The molecule has 1 aromatic rings. The molecule has 0 aromatic heterocycles. The molecule has 1 aliphatic heterocycles. The fourth-order valence-corrected chi connectivity index (χ4v) is 2.88. The molecular weight excluding hydrogens is 352 g/mol. The Morgan fingerprint density at radius 2 is 1.93 bits per heavy atom. The number of allylic oxidation sites excluding steroid dienone is 1. The van der Waals surface area contributed by atoms with E-state index in [4.69, 9.17) is 18.9 Å². The zero-order valence-electron chi connectivity index (χ0n) is 15.6. The van der Waals surface area contributed by atoms with Crippen LogP contribution in [0.15, 0.2) is 47.7 Å². The number of carbonyl (C=O) groups is 2. The van der Waals surface area contributed by atoms with Crippen molar-refractivity contribution in [2.24, 2.45) is 5.92 Å². The molecule has 146 valence electrons. The fourth-order valence-electron chi connectivity index (χ4n) is 2.88. The Morgan fingerprint density at radius 3 is 2.52 bits per heavy atom. The van der Waals surface area contributed by atoms with Crippen molar-refractivity contribution in [1.29, 1.82) is 0 Å². The van der Waals surface area contributed by atoms with Crippen LogP contribution in [0.3, 0.4) is 0 Å². The Bertz CT molecular complexity index is 718. The maximum absolute atomic E-state index is 12.3. The molecule has 0 fully saturated rings. The highest BCUT2D eigenvalue weighted by molar-refractivity contribution is 5.90. The second kappa shape index (κ2) is 9.78. The van der Waals surface area contributed by atoms with Crippen molar-refractivity contribution in [3.8, 4) is 5.75 Å². The van der Waals surface area contributed by atoms with E-state index in [1.54, 1.807) is 37.3 Å². The number of esters is 2. The SMILES string of the molecule is C/C=C1\[C@H](OC)OC=C(C(=O)OC)[C@@H]1CC(=O)OCCc1ccc(O)cc1. The van der Waals surface area contributed by atoms with E-state index in [2.05, 4.69) is 0 Å². The maximum atomic E-state index is 12.3. The first-order valence-corrected chi connectivity index (χ1v) is 8.56. The van der Waals surface area contributed by atoms with E-state index < -0.39 is 24.1 Å². The monoisotopic (exact) mass is 376 g/mol. The minimum atomic E-state index is -0.668. The third-order valence-corrected chi connectivity index (χ3v) is 4.30. The summed E-state index contributed by atoms with van der Waals surface area (Å²) in [6.45, 7) is 1.98. The molecule has 0 spiro atoms. The molecule has 1 N–H and O–H groups in total. The lowest BCUT2D eigenvalue weighted by atomic mass is 9.86.